The first-order valence-electron chi connectivity index (χ1n) is 10.5. The Kier molecular flexibility index (Phi) is 6.36. The van der Waals surface area contributed by atoms with Crippen molar-refractivity contribution in [2.24, 2.45) is 11.8 Å². The van der Waals surface area contributed by atoms with Crippen LogP contribution in [0.5, 0.6) is 0 Å². The Morgan fingerprint density at radius 2 is 2.00 bits per heavy atom. The maximum atomic E-state index is 13.2. The van der Waals surface area contributed by atoms with Crippen molar-refractivity contribution in [1.82, 2.24) is 9.88 Å². The Morgan fingerprint density at radius 1 is 1.16 bits per heavy atom. The molecule has 4 rings (SSSR count). The Bertz CT molecular complexity index is 1010. The zero-order valence-electron chi connectivity index (χ0n) is 17.4. The van der Waals surface area contributed by atoms with Crippen LogP contribution in [-0.4, -0.2) is 47.2 Å². The number of aryl methyl sites for hydroxylation is 1. The van der Waals surface area contributed by atoms with Crippen LogP contribution in [0.15, 0.2) is 47.1 Å². The number of nitrogens with one attached hydrogen (secondary N) is 1. The maximum absolute atomic E-state index is 13.2. The monoisotopic (exact) mass is 484 g/mol. The molecule has 7 nitrogen and oxygen atoms in total. The fourth-order valence-corrected chi connectivity index (χ4v) is 4.64. The summed E-state index contributed by atoms with van der Waals surface area (Å²) in [6.07, 6.45) is 3.58. The number of rotatable bonds is 4. The second-order valence-electron chi connectivity index (χ2n) is 8.09. The Labute approximate surface area is 189 Å². The number of carbonyl (C=O) groups is 3. The average Bonchev–Trinajstić information content (AvgIpc) is 3.16. The van der Waals surface area contributed by atoms with Gasteiger partial charge in [-0.2, -0.15) is 0 Å². The zero-order chi connectivity index (χ0) is 22.0. The number of anilines is 2. The number of likely N-dealkylation sites (tertiary alicyclic amines) is 1. The molecule has 2 aromatic rings. The number of aromatic nitrogens is 1. The van der Waals surface area contributed by atoms with E-state index in [9.17, 15) is 14.4 Å². The van der Waals surface area contributed by atoms with E-state index in [1.807, 2.05) is 43.3 Å². The van der Waals surface area contributed by atoms with Crippen LogP contribution in [0, 0.1) is 18.8 Å². The molecular weight excluding hydrogens is 460 g/mol. The van der Waals surface area contributed by atoms with E-state index in [4.69, 9.17) is 0 Å². The van der Waals surface area contributed by atoms with Crippen molar-refractivity contribution in [2.45, 2.75) is 26.2 Å². The smallest absolute Gasteiger partial charge is 0.239 e. The molecule has 0 aliphatic carbocycles. The highest BCUT2D eigenvalue weighted by molar-refractivity contribution is 9.10. The summed E-state index contributed by atoms with van der Waals surface area (Å²) in [4.78, 5) is 46.5. The van der Waals surface area contributed by atoms with Gasteiger partial charge in [-0.3, -0.25) is 14.4 Å². The quantitative estimate of drug-likeness (QED) is 0.674. The summed E-state index contributed by atoms with van der Waals surface area (Å²) in [6.45, 7) is 3.31. The number of halogens is 1. The molecule has 1 N–H and O–H groups in total. The molecule has 0 bridgehead atoms. The number of nitrogens with zero attached hydrogens (tertiary/aromatic N) is 3. The summed E-state index contributed by atoms with van der Waals surface area (Å²) in [5, 5.41) is 2.88. The van der Waals surface area contributed by atoms with Crippen molar-refractivity contribution in [3.8, 4) is 0 Å². The lowest BCUT2D eigenvalue weighted by Crippen LogP contribution is -2.47. The van der Waals surface area contributed by atoms with Gasteiger partial charge in [0.1, 0.15) is 11.7 Å². The predicted octanol–water partition coefficient (Wildman–Crippen LogP) is 3.38. The predicted molar refractivity (Wildman–Crippen MR) is 122 cm³/mol. The van der Waals surface area contributed by atoms with E-state index in [0.717, 1.165) is 22.1 Å². The Morgan fingerprint density at radius 3 is 2.77 bits per heavy atom. The first-order chi connectivity index (χ1) is 14.9. The number of hydrogen-bond donors (Lipinski definition) is 1. The first-order valence-corrected chi connectivity index (χ1v) is 11.3. The van der Waals surface area contributed by atoms with Crippen molar-refractivity contribution < 1.29 is 14.4 Å². The fraction of sp³-hybridized carbons (Fsp3) is 0.391. The van der Waals surface area contributed by atoms with Gasteiger partial charge in [-0.1, -0.05) is 28.1 Å². The SMILES string of the molecule is Cc1cccnc1NC(=O)C1CCCN(C(=O)C2CCN(c3cccc(Br)c3)C2=O)C1. The second-order valence-corrected chi connectivity index (χ2v) is 9.01. The number of amides is 3. The Hall–Kier alpha value is -2.74. The van der Waals surface area contributed by atoms with E-state index in [0.29, 0.717) is 38.3 Å². The minimum atomic E-state index is -0.682. The number of benzene rings is 1. The van der Waals surface area contributed by atoms with Crippen LogP contribution >= 0.6 is 15.9 Å². The summed E-state index contributed by atoms with van der Waals surface area (Å²) in [6, 6.07) is 11.2. The summed E-state index contributed by atoms with van der Waals surface area (Å²) in [7, 11) is 0. The molecule has 2 atom stereocenters. The van der Waals surface area contributed by atoms with Crippen LogP contribution in [0.25, 0.3) is 0 Å². The van der Waals surface area contributed by atoms with Gasteiger partial charge in [0.15, 0.2) is 0 Å². The third-order valence-corrected chi connectivity index (χ3v) is 6.47. The van der Waals surface area contributed by atoms with Crippen molar-refractivity contribution in [2.75, 3.05) is 29.9 Å². The minimum absolute atomic E-state index is 0.132. The molecule has 2 fully saturated rings. The van der Waals surface area contributed by atoms with Gasteiger partial charge in [0.25, 0.3) is 0 Å². The van der Waals surface area contributed by atoms with Gasteiger partial charge in [-0.25, -0.2) is 4.98 Å². The average molecular weight is 485 g/mol. The van der Waals surface area contributed by atoms with Gasteiger partial charge in [0.05, 0.1) is 5.92 Å². The van der Waals surface area contributed by atoms with Crippen LogP contribution in [0.1, 0.15) is 24.8 Å². The number of hydrogen-bond acceptors (Lipinski definition) is 4. The maximum Gasteiger partial charge on any atom is 0.239 e. The van der Waals surface area contributed by atoms with Crippen LogP contribution in [0.4, 0.5) is 11.5 Å². The van der Waals surface area contributed by atoms with Crippen molar-refractivity contribution >= 4 is 45.2 Å². The molecule has 162 valence electrons. The van der Waals surface area contributed by atoms with Crippen LogP contribution in [-0.2, 0) is 14.4 Å². The molecule has 3 heterocycles. The van der Waals surface area contributed by atoms with E-state index in [1.165, 1.54) is 0 Å². The van der Waals surface area contributed by atoms with Gasteiger partial charge in [-0.05, 0) is 56.0 Å². The molecule has 2 aliphatic heterocycles. The summed E-state index contributed by atoms with van der Waals surface area (Å²) in [5.41, 5.74) is 1.68. The number of piperidine rings is 1. The van der Waals surface area contributed by atoms with Gasteiger partial charge in [0.2, 0.25) is 17.7 Å². The van der Waals surface area contributed by atoms with Crippen LogP contribution < -0.4 is 10.2 Å². The molecule has 0 spiro atoms. The first kappa shape index (κ1) is 21.5. The minimum Gasteiger partial charge on any atom is -0.341 e. The van der Waals surface area contributed by atoms with E-state index in [2.05, 4.69) is 26.2 Å². The molecule has 31 heavy (non-hydrogen) atoms. The largest absolute Gasteiger partial charge is 0.341 e. The highest BCUT2D eigenvalue weighted by Gasteiger charge is 2.41. The molecule has 1 aromatic heterocycles. The lowest BCUT2D eigenvalue weighted by Gasteiger charge is -2.33. The normalized spacial score (nSPS) is 21.3. The third-order valence-electron chi connectivity index (χ3n) is 5.98. The Balaban J connectivity index is 1.40. The zero-order valence-corrected chi connectivity index (χ0v) is 19.0. The molecule has 3 amide bonds. The van der Waals surface area contributed by atoms with Crippen LogP contribution in [0.2, 0.25) is 0 Å². The molecule has 8 heteroatoms. The highest BCUT2D eigenvalue weighted by Crippen LogP contribution is 2.30. The van der Waals surface area contributed by atoms with Gasteiger partial charge >= 0.3 is 0 Å². The summed E-state index contributed by atoms with van der Waals surface area (Å²) < 4.78 is 0.889. The van der Waals surface area contributed by atoms with E-state index in [1.54, 1.807) is 16.0 Å². The van der Waals surface area contributed by atoms with E-state index < -0.39 is 5.92 Å². The summed E-state index contributed by atoms with van der Waals surface area (Å²) >= 11 is 3.43. The molecule has 0 saturated carbocycles. The molecule has 1 aromatic carbocycles. The fourth-order valence-electron chi connectivity index (χ4n) is 4.26. The van der Waals surface area contributed by atoms with Gasteiger partial charge in [-0.15, -0.1) is 0 Å². The third kappa shape index (κ3) is 4.63. The second kappa shape index (κ2) is 9.18. The lowest BCUT2D eigenvalue weighted by molar-refractivity contribution is -0.141. The number of pyridine rings is 1. The van der Waals surface area contributed by atoms with Gasteiger partial charge < -0.3 is 15.1 Å². The van der Waals surface area contributed by atoms with Crippen molar-refractivity contribution in [3.05, 3.63) is 52.6 Å². The van der Waals surface area contributed by atoms with Crippen molar-refractivity contribution in [1.29, 1.82) is 0 Å². The standard InChI is InChI=1S/C23H25BrN4O3/c1-15-5-3-10-25-20(15)26-21(29)16-6-4-11-27(14-16)22(30)19-9-12-28(23(19)31)18-8-2-7-17(24)13-18/h2-3,5,7-8,10,13,16,19H,4,6,9,11-12,14H2,1H3,(H,25,26,29). The molecule has 2 saturated heterocycles. The molecule has 2 aliphatic rings. The van der Waals surface area contributed by atoms with Crippen LogP contribution in [0.3, 0.4) is 0 Å². The van der Waals surface area contributed by atoms with Crippen molar-refractivity contribution in [3.63, 3.8) is 0 Å². The number of carbonyl (C=O) groups excluding carboxylic acids is 3. The molecular formula is C23H25BrN4O3. The topological polar surface area (TPSA) is 82.6 Å². The van der Waals surface area contributed by atoms with E-state index >= 15 is 0 Å². The highest BCUT2D eigenvalue weighted by atomic mass is 79.9. The molecule has 2 unspecified atom stereocenters. The van der Waals surface area contributed by atoms with Gasteiger partial charge in [0, 0.05) is 36.0 Å². The lowest BCUT2D eigenvalue weighted by atomic mass is 9.95. The van der Waals surface area contributed by atoms with E-state index in [-0.39, 0.29) is 23.6 Å². The summed E-state index contributed by atoms with van der Waals surface area (Å²) in [5.74, 6) is -0.914. The molecule has 0 radical (unpaired) electrons.